The molecule has 0 unspecified atom stereocenters. The van der Waals surface area contributed by atoms with Crippen LogP contribution in [-0.2, 0) is 21.3 Å². The number of thioether (sulfide) groups is 1. The molecule has 32 heteroatoms. The van der Waals surface area contributed by atoms with Crippen molar-refractivity contribution in [1.29, 1.82) is 0 Å². The Morgan fingerprint density at radius 3 is 1.17 bits per heavy atom. The molecule has 0 radical (unpaired) electrons. The maximum atomic E-state index is 12.8. The molecule has 13 aromatic heterocycles. The molecule has 652 valence electrons. The fourth-order valence-electron chi connectivity index (χ4n) is 12.6. The SMILES string of the molecule is Cc1ncc(Oc2cc(-c3ccco3)ncc2C(C)C)c(N)n1.Cc1ncc(Oc2cc(-n3ccc4ccccc43)ncc2C(C)C)c(N)n1.Cc1ncc(Oc2cc(-n3cccc3)ncc2C(C)C)c(N)n1.Cc1ncc(Oc2cc(S(=O)(=O)Cc3ccccc3)ncc2C(C)C)c(N)n1.Cc1ncc(Oc2cc(SCc3ccccc3)ncc2C(C)C)c(N)n1. The number of furan rings is 1. The van der Waals surface area contributed by atoms with Crippen LogP contribution >= 0.6 is 11.8 Å². The largest absolute Gasteiger partial charge is 0.463 e. The van der Waals surface area contributed by atoms with E-state index in [1.807, 2.05) is 145 Å². The molecule has 0 aliphatic rings. The second-order valence-corrected chi connectivity index (χ2v) is 33.8. The van der Waals surface area contributed by atoms with Gasteiger partial charge in [-0.15, -0.1) is 11.8 Å². The van der Waals surface area contributed by atoms with Crippen LogP contribution in [0.2, 0.25) is 0 Å². The third kappa shape index (κ3) is 24.4. The lowest BCUT2D eigenvalue weighted by Crippen LogP contribution is -2.09. The van der Waals surface area contributed by atoms with Gasteiger partial charge in [0, 0.05) is 113 Å². The minimum Gasteiger partial charge on any atom is -0.463 e. The van der Waals surface area contributed by atoms with Crippen molar-refractivity contribution in [2.24, 2.45) is 0 Å². The first-order chi connectivity index (χ1) is 60.9. The van der Waals surface area contributed by atoms with E-state index in [1.165, 1.54) is 24.0 Å². The number of nitrogens with zero attached hydrogens (tertiary/aromatic N) is 17. The van der Waals surface area contributed by atoms with E-state index in [-0.39, 0.29) is 51.9 Å². The van der Waals surface area contributed by atoms with Crippen LogP contribution in [0.1, 0.15) is 167 Å². The summed E-state index contributed by atoms with van der Waals surface area (Å²) in [7, 11) is -3.64. The molecule has 3 aromatic carbocycles. The normalized spacial score (nSPS) is 11.1. The minimum absolute atomic E-state index is 0.0534. The van der Waals surface area contributed by atoms with Crippen molar-refractivity contribution in [3.63, 3.8) is 0 Å². The van der Waals surface area contributed by atoms with Crippen molar-refractivity contribution in [2.45, 2.75) is 155 Å². The summed E-state index contributed by atoms with van der Waals surface area (Å²) in [5, 5.41) is 2.01. The number of para-hydroxylation sites is 1. The maximum Gasteiger partial charge on any atom is 0.199 e. The van der Waals surface area contributed by atoms with Crippen molar-refractivity contribution in [1.82, 2.24) is 83.9 Å². The van der Waals surface area contributed by atoms with Crippen LogP contribution in [0.25, 0.3) is 34.0 Å². The van der Waals surface area contributed by atoms with Crippen LogP contribution in [-0.4, -0.2) is 92.3 Å². The van der Waals surface area contributed by atoms with E-state index < -0.39 is 9.84 Å². The van der Waals surface area contributed by atoms with Gasteiger partial charge in [-0.2, -0.15) is 0 Å². The second-order valence-electron chi connectivity index (χ2n) is 30.8. The Labute approximate surface area is 742 Å². The van der Waals surface area contributed by atoms with Gasteiger partial charge in [0.2, 0.25) is 0 Å². The molecule has 30 nitrogen and oxygen atoms in total. The van der Waals surface area contributed by atoms with Gasteiger partial charge in [-0.05, 0) is 117 Å². The van der Waals surface area contributed by atoms with E-state index in [4.69, 9.17) is 56.8 Å². The minimum atomic E-state index is -3.64. The van der Waals surface area contributed by atoms with Crippen molar-refractivity contribution in [2.75, 3.05) is 28.7 Å². The summed E-state index contributed by atoms with van der Waals surface area (Å²) in [5.41, 5.74) is 38.2. The number of nitrogens with two attached hydrogens (primary N) is 5. The molecule has 0 spiro atoms. The molecule has 16 aromatic rings. The van der Waals surface area contributed by atoms with Crippen LogP contribution < -0.4 is 52.4 Å². The lowest BCUT2D eigenvalue weighted by molar-refractivity contribution is 0.466. The maximum absolute atomic E-state index is 12.8. The summed E-state index contributed by atoms with van der Waals surface area (Å²) < 4.78 is 65.0. The van der Waals surface area contributed by atoms with E-state index in [1.54, 1.807) is 108 Å². The molecule has 0 bridgehead atoms. The highest BCUT2D eigenvalue weighted by atomic mass is 32.2. The summed E-state index contributed by atoms with van der Waals surface area (Å²) in [4.78, 5) is 63.8. The zero-order valence-corrected chi connectivity index (χ0v) is 74.9. The highest BCUT2D eigenvalue weighted by Gasteiger charge is 2.24. The second kappa shape index (κ2) is 42.1. The number of hydrogen-bond acceptors (Lipinski definition) is 29. The smallest absolute Gasteiger partial charge is 0.199 e. The Kier molecular flexibility index (Phi) is 30.3. The number of fused-ring (bicyclic) bond motifs is 1. The number of hydrogen-bond donors (Lipinski definition) is 5. The third-order valence-corrected chi connectivity index (χ3v) is 21.9. The zero-order valence-electron chi connectivity index (χ0n) is 73.3. The fraction of sp³-hybridized carbons (Fsp3) is 0.232. The first-order valence-electron chi connectivity index (χ1n) is 40.9. The van der Waals surface area contributed by atoms with E-state index in [0.717, 1.165) is 66.9 Å². The zero-order chi connectivity index (χ0) is 90.6. The number of aryl methyl sites for hydroxylation is 5. The molecule has 0 atom stereocenters. The summed E-state index contributed by atoms with van der Waals surface area (Å²) in [6.45, 7) is 29.6. The number of ether oxygens (including phenoxy) is 5. The Hall–Kier alpha value is -14.8. The topological polar surface area (TPSA) is 427 Å². The lowest BCUT2D eigenvalue weighted by Gasteiger charge is -2.16. The first-order valence-corrected chi connectivity index (χ1v) is 43.6. The molecule has 0 aliphatic carbocycles. The standard InChI is InChI=1S/C21H21N5O.C20H22N4O3S.C20H22N4OS.C17H19N5O.C17H18N4O2/c1-13(2)16-11-24-20(26-9-8-15-6-4-5-7-17(15)26)10-18(16)27-19-12-23-14(3)25-21(19)22;1-13(2)16-10-23-19(28(25,26)12-15-7-5-4-6-8-15)9-17(16)27-18-11-22-14(3)24-20(18)21;1-13(2)16-10-23-19(26-12-15-7-5-4-6-8-15)9-17(16)25-18-11-22-14(3)24-20(18)21;1-11(2)13-9-20-16(22-6-4-5-7-22)8-14(13)23-15-10-19-12(3)21-17(15)18;1-10(2)12-8-20-13(14-5-4-6-22-14)7-15(12)23-16-9-19-11(3)21-17(16)18/h4-13H,1-3H3,(H2,22,23,25);4-11,13H,12H2,1-3H3,(H2,21,22,24);4-11,13H,12H2,1-3H3,(H2,21,22,24);4-11H,1-3H3,(H2,18,19,21);4-10H,1-3H3,(H2,18,19,21). The Bertz CT molecular complexity index is 6380. The monoisotopic (exact) mass is 1740 g/mol. The van der Waals surface area contributed by atoms with Gasteiger partial charge in [0.1, 0.15) is 75.2 Å². The van der Waals surface area contributed by atoms with E-state index in [2.05, 4.69) is 160 Å². The number of benzene rings is 3. The molecule has 16 rings (SSSR count). The summed E-state index contributed by atoms with van der Waals surface area (Å²) >= 11 is 1.67. The summed E-state index contributed by atoms with van der Waals surface area (Å²) in [5.74, 6) is 13.7. The van der Waals surface area contributed by atoms with Crippen LogP contribution in [0.3, 0.4) is 0 Å². The number of anilines is 5. The van der Waals surface area contributed by atoms with Crippen molar-refractivity contribution < 1.29 is 36.5 Å². The Morgan fingerprint density at radius 2 is 0.740 bits per heavy atom. The quantitative estimate of drug-likeness (QED) is 0.0351. The average Bonchev–Trinajstić information content (AvgIpc) is 1.78. The summed E-state index contributed by atoms with van der Waals surface area (Å²) in [6.07, 6.45) is 24.2. The van der Waals surface area contributed by atoms with Gasteiger partial charge >= 0.3 is 0 Å². The van der Waals surface area contributed by atoms with Crippen LogP contribution in [0.5, 0.6) is 57.5 Å². The van der Waals surface area contributed by atoms with Gasteiger partial charge in [0.05, 0.1) is 53.5 Å². The molecule has 0 aliphatic heterocycles. The number of nitrogen functional groups attached to an aromatic ring is 5. The molecular weight excluding hydrogens is 1640 g/mol. The van der Waals surface area contributed by atoms with E-state index in [0.29, 0.717) is 115 Å². The summed E-state index contributed by atoms with van der Waals surface area (Å²) in [6, 6.07) is 46.2. The highest BCUT2D eigenvalue weighted by Crippen LogP contribution is 2.41. The Balaban J connectivity index is 0.000000144. The third-order valence-electron chi connectivity index (χ3n) is 19.4. The van der Waals surface area contributed by atoms with Crippen LogP contribution in [0.4, 0.5) is 29.1 Å². The van der Waals surface area contributed by atoms with Crippen molar-refractivity contribution >= 4 is 61.6 Å². The lowest BCUT2D eigenvalue weighted by atomic mass is 10.0. The molecule has 0 saturated carbocycles. The molecule has 13 heterocycles. The van der Waals surface area contributed by atoms with Gasteiger partial charge in [0.15, 0.2) is 78.5 Å². The highest BCUT2D eigenvalue weighted by molar-refractivity contribution is 7.98. The van der Waals surface area contributed by atoms with Gasteiger partial charge in [-0.25, -0.2) is 78.2 Å². The van der Waals surface area contributed by atoms with E-state index in [9.17, 15) is 8.42 Å². The van der Waals surface area contributed by atoms with Gasteiger partial charge in [0.25, 0.3) is 0 Å². The number of rotatable bonds is 24. The molecule has 0 amide bonds. The van der Waals surface area contributed by atoms with Crippen LogP contribution in [0.15, 0.2) is 247 Å². The Morgan fingerprint density at radius 1 is 0.362 bits per heavy atom. The van der Waals surface area contributed by atoms with Crippen LogP contribution in [0, 0.1) is 34.6 Å². The molecule has 127 heavy (non-hydrogen) atoms. The van der Waals surface area contributed by atoms with E-state index >= 15 is 0 Å². The van der Waals surface area contributed by atoms with Gasteiger partial charge in [-0.1, -0.05) is 148 Å². The number of pyridine rings is 5. The number of sulfone groups is 1. The molecule has 10 N–H and O–H groups in total. The number of aromatic nitrogens is 17. The van der Waals surface area contributed by atoms with Crippen molar-refractivity contribution in [3.05, 3.63) is 300 Å². The molecular formula is C95H102N22O8S2. The molecule has 0 saturated heterocycles. The average molecular weight is 1740 g/mol. The predicted molar refractivity (Wildman–Crippen MR) is 495 cm³/mol. The molecule has 0 fully saturated rings. The van der Waals surface area contributed by atoms with Crippen molar-refractivity contribution in [3.8, 4) is 80.6 Å². The van der Waals surface area contributed by atoms with Gasteiger partial charge < -0.3 is 65.9 Å². The first kappa shape index (κ1) is 91.4. The van der Waals surface area contributed by atoms with Gasteiger partial charge in [-0.3, -0.25) is 4.98 Å². The fourth-order valence-corrected chi connectivity index (χ4v) is 14.7. The predicted octanol–water partition coefficient (Wildman–Crippen LogP) is 20.7.